The molecule has 1 aliphatic rings. The second-order valence-electron chi connectivity index (χ2n) is 7.10. The lowest BCUT2D eigenvalue weighted by molar-refractivity contribution is -0.119. The third-order valence-corrected chi connectivity index (χ3v) is 5.72. The van der Waals surface area contributed by atoms with E-state index in [0.717, 1.165) is 22.7 Å². The van der Waals surface area contributed by atoms with Crippen LogP contribution in [0.15, 0.2) is 30.6 Å². The normalized spacial score (nSPS) is 19.4. The lowest BCUT2D eigenvalue weighted by Gasteiger charge is -2.15. The van der Waals surface area contributed by atoms with E-state index in [1.807, 2.05) is 19.4 Å². The van der Waals surface area contributed by atoms with Crippen molar-refractivity contribution < 1.29 is 4.79 Å². The summed E-state index contributed by atoms with van der Waals surface area (Å²) in [7, 11) is 1.89. The smallest absolute Gasteiger partial charge is 0.231 e. The number of benzene rings is 1. The van der Waals surface area contributed by atoms with Gasteiger partial charge in [-0.15, -0.1) is 10.2 Å². The Morgan fingerprint density at radius 1 is 1.22 bits per heavy atom. The number of hydrogen-bond donors (Lipinski definition) is 2. The van der Waals surface area contributed by atoms with Gasteiger partial charge in [-0.05, 0) is 31.5 Å². The highest BCUT2D eigenvalue weighted by molar-refractivity contribution is 7.18. The largest absolute Gasteiger partial charge is 0.315 e. The maximum atomic E-state index is 12.8. The number of amides is 1. The zero-order valence-corrected chi connectivity index (χ0v) is 16.4. The summed E-state index contributed by atoms with van der Waals surface area (Å²) in [6.07, 6.45) is 3.81. The monoisotopic (exact) mass is 382 g/mol. The van der Waals surface area contributed by atoms with Crippen molar-refractivity contribution in [2.24, 2.45) is 13.0 Å². The summed E-state index contributed by atoms with van der Waals surface area (Å²) >= 11 is 1.40. The van der Waals surface area contributed by atoms with Crippen LogP contribution < -0.4 is 10.6 Å². The Morgan fingerprint density at radius 2 is 2.00 bits per heavy atom. The van der Waals surface area contributed by atoms with Gasteiger partial charge < -0.3 is 10.6 Å². The van der Waals surface area contributed by atoms with Crippen LogP contribution in [0, 0.1) is 19.8 Å². The van der Waals surface area contributed by atoms with Gasteiger partial charge in [-0.2, -0.15) is 5.10 Å². The average molecular weight is 382 g/mol. The van der Waals surface area contributed by atoms with E-state index in [2.05, 4.69) is 58.0 Å². The molecule has 2 N–H and O–H groups in total. The number of aromatic nitrogens is 4. The summed E-state index contributed by atoms with van der Waals surface area (Å²) < 4.78 is 1.77. The van der Waals surface area contributed by atoms with Gasteiger partial charge in [0, 0.05) is 37.8 Å². The molecule has 27 heavy (non-hydrogen) atoms. The number of aryl methyl sites for hydroxylation is 3. The van der Waals surface area contributed by atoms with E-state index in [1.165, 1.54) is 22.5 Å². The van der Waals surface area contributed by atoms with Crippen molar-refractivity contribution in [2.75, 3.05) is 18.4 Å². The van der Waals surface area contributed by atoms with Gasteiger partial charge in [0.1, 0.15) is 5.01 Å². The number of nitrogens with zero attached hydrogens (tertiary/aromatic N) is 4. The zero-order valence-electron chi connectivity index (χ0n) is 15.6. The van der Waals surface area contributed by atoms with E-state index in [-0.39, 0.29) is 17.7 Å². The number of carbonyl (C=O) groups excluding carboxylic acids is 1. The van der Waals surface area contributed by atoms with Crippen LogP contribution in [0.4, 0.5) is 5.13 Å². The van der Waals surface area contributed by atoms with Gasteiger partial charge in [0.25, 0.3) is 0 Å². The lowest BCUT2D eigenvalue weighted by atomic mass is 9.90. The third kappa shape index (κ3) is 3.77. The quantitative estimate of drug-likeness (QED) is 0.724. The fraction of sp³-hybridized carbons (Fsp3) is 0.368. The number of hydrogen-bond acceptors (Lipinski definition) is 6. The first-order valence-corrected chi connectivity index (χ1v) is 9.73. The molecule has 7 nitrogen and oxygen atoms in total. The maximum absolute atomic E-state index is 12.8. The first-order chi connectivity index (χ1) is 13.0. The Balaban J connectivity index is 1.49. The third-order valence-electron chi connectivity index (χ3n) is 4.83. The molecule has 0 spiro atoms. The van der Waals surface area contributed by atoms with Gasteiger partial charge in [0.15, 0.2) is 0 Å². The molecule has 0 aliphatic carbocycles. The van der Waals surface area contributed by atoms with E-state index in [0.29, 0.717) is 11.7 Å². The topological polar surface area (TPSA) is 84.7 Å². The van der Waals surface area contributed by atoms with Crippen LogP contribution in [0.1, 0.15) is 22.6 Å². The second-order valence-corrected chi connectivity index (χ2v) is 8.07. The minimum absolute atomic E-state index is 0.0306. The number of anilines is 1. The van der Waals surface area contributed by atoms with Crippen molar-refractivity contribution in [3.63, 3.8) is 0 Å². The van der Waals surface area contributed by atoms with Crippen molar-refractivity contribution in [3.8, 4) is 10.6 Å². The molecule has 1 aliphatic heterocycles. The first-order valence-electron chi connectivity index (χ1n) is 8.92. The molecule has 140 valence electrons. The van der Waals surface area contributed by atoms with Crippen LogP contribution >= 0.6 is 11.3 Å². The van der Waals surface area contributed by atoms with Crippen LogP contribution in [-0.4, -0.2) is 39.0 Å². The summed E-state index contributed by atoms with van der Waals surface area (Å²) in [5.41, 5.74) is 4.47. The number of nitrogens with one attached hydrogen (secondary N) is 2. The first kappa shape index (κ1) is 17.8. The van der Waals surface area contributed by atoms with Gasteiger partial charge in [0.05, 0.1) is 12.1 Å². The molecule has 3 heterocycles. The Morgan fingerprint density at radius 3 is 2.70 bits per heavy atom. The van der Waals surface area contributed by atoms with Crippen LogP contribution in [-0.2, 0) is 11.8 Å². The fourth-order valence-electron chi connectivity index (χ4n) is 3.62. The predicted octanol–water partition coefficient (Wildman–Crippen LogP) is 2.50. The number of rotatable bonds is 4. The van der Waals surface area contributed by atoms with Crippen molar-refractivity contribution in [3.05, 3.63) is 47.3 Å². The van der Waals surface area contributed by atoms with E-state index >= 15 is 0 Å². The van der Waals surface area contributed by atoms with E-state index in [1.54, 1.807) is 4.68 Å². The highest BCUT2D eigenvalue weighted by Crippen LogP contribution is 2.31. The molecule has 8 heteroatoms. The molecule has 0 saturated carbocycles. The van der Waals surface area contributed by atoms with E-state index in [9.17, 15) is 4.79 Å². The van der Waals surface area contributed by atoms with Gasteiger partial charge in [-0.25, -0.2) is 0 Å². The summed E-state index contributed by atoms with van der Waals surface area (Å²) in [5.74, 6) is -0.0646. The Bertz CT molecular complexity index is 958. The second kappa shape index (κ2) is 7.21. The van der Waals surface area contributed by atoms with Crippen molar-refractivity contribution in [1.82, 2.24) is 25.3 Å². The zero-order chi connectivity index (χ0) is 19.0. The Hall–Kier alpha value is -2.58. The fourth-order valence-corrected chi connectivity index (χ4v) is 4.36. The lowest BCUT2D eigenvalue weighted by Crippen LogP contribution is -2.28. The molecule has 1 fully saturated rings. The standard InChI is InChI=1S/C19H22N6OS/c1-11-4-12(2)6-13(5-11)18-23-24-19(27-18)22-17(26)16-9-20-8-15(16)14-7-21-25(3)10-14/h4-7,10,15-16,20H,8-9H2,1-3H3,(H,22,24,26)/t15-,16+/m1/s1. The predicted molar refractivity (Wildman–Crippen MR) is 106 cm³/mol. The Kier molecular flexibility index (Phi) is 4.75. The van der Waals surface area contributed by atoms with E-state index < -0.39 is 0 Å². The van der Waals surface area contributed by atoms with Crippen molar-refractivity contribution >= 4 is 22.4 Å². The minimum Gasteiger partial charge on any atom is -0.315 e. The maximum Gasteiger partial charge on any atom is 0.231 e. The molecule has 1 saturated heterocycles. The van der Waals surface area contributed by atoms with Crippen LogP contribution in [0.2, 0.25) is 0 Å². The summed E-state index contributed by atoms with van der Waals surface area (Å²) in [4.78, 5) is 12.8. The van der Waals surface area contributed by atoms with Gasteiger partial charge in [-0.1, -0.05) is 28.5 Å². The summed E-state index contributed by atoms with van der Waals surface area (Å²) in [6.45, 7) is 5.54. The molecule has 0 bridgehead atoms. The molecule has 0 unspecified atom stereocenters. The summed E-state index contributed by atoms with van der Waals surface area (Å²) in [5, 5.41) is 20.2. The highest BCUT2D eigenvalue weighted by Gasteiger charge is 2.35. The molecule has 4 rings (SSSR count). The van der Waals surface area contributed by atoms with E-state index in [4.69, 9.17) is 0 Å². The van der Waals surface area contributed by atoms with Crippen molar-refractivity contribution in [2.45, 2.75) is 19.8 Å². The van der Waals surface area contributed by atoms with Crippen molar-refractivity contribution in [1.29, 1.82) is 0 Å². The van der Waals surface area contributed by atoms with Crippen LogP contribution in [0.5, 0.6) is 0 Å². The molecule has 2 aromatic heterocycles. The molecule has 1 aromatic carbocycles. The Labute approximate surface area is 161 Å². The van der Waals surface area contributed by atoms with Gasteiger partial charge >= 0.3 is 0 Å². The molecule has 3 aromatic rings. The molecule has 1 amide bonds. The van der Waals surface area contributed by atoms with Gasteiger partial charge in [-0.3, -0.25) is 9.48 Å². The molecular weight excluding hydrogens is 360 g/mol. The molecule has 2 atom stereocenters. The number of carbonyl (C=O) groups is 1. The average Bonchev–Trinajstić information content (AvgIpc) is 3.33. The molecular formula is C19H22N6OS. The summed E-state index contributed by atoms with van der Waals surface area (Å²) in [6, 6.07) is 6.29. The highest BCUT2D eigenvalue weighted by atomic mass is 32.1. The van der Waals surface area contributed by atoms with Crippen LogP contribution in [0.25, 0.3) is 10.6 Å². The molecule has 0 radical (unpaired) electrons. The van der Waals surface area contributed by atoms with Gasteiger partial charge in [0.2, 0.25) is 11.0 Å². The SMILES string of the molecule is Cc1cc(C)cc(-c2nnc(NC(=O)[C@H]3CNC[C@@H]3c3cnn(C)c3)s2)c1. The minimum atomic E-state index is -0.150. The van der Waals surface area contributed by atoms with Crippen LogP contribution in [0.3, 0.4) is 0 Å².